The number of H-pyrrole nitrogens is 1. The fourth-order valence-electron chi connectivity index (χ4n) is 2.49. The summed E-state index contributed by atoms with van der Waals surface area (Å²) in [4.78, 5) is 7.89. The molecule has 2 aromatic rings. The van der Waals surface area contributed by atoms with Crippen molar-refractivity contribution in [3.05, 3.63) is 34.8 Å². The van der Waals surface area contributed by atoms with Crippen molar-refractivity contribution >= 4 is 0 Å². The molecule has 4 heteroatoms. The van der Waals surface area contributed by atoms with Gasteiger partial charge in [-0.05, 0) is 44.5 Å². The van der Waals surface area contributed by atoms with Crippen molar-refractivity contribution in [2.45, 2.75) is 27.2 Å². The van der Waals surface area contributed by atoms with Crippen LogP contribution >= 0.6 is 0 Å². The van der Waals surface area contributed by atoms with Crippen molar-refractivity contribution in [3.63, 3.8) is 0 Å². The van der Waals surface area contributed by atoms with E-state index >= 15 is 0 Å². The van der Waals surface area contributed by atoms with E-state index in [1.807, 2.05) is 6.92 Å². The zero-order chi connectivity index (χ0) is 14.0. The first-order valence-corrected chi connectivity index (χ1v) is 6.48. The summed E-state index contributed by atoms with van der Waals surface area (Å²) in [7, 11) is 1.70. The Morgan fingerprint density at radius 3 is 2.63 bits per heavy atom. The van der Waals surface area contributed by atoms with E-state index in [0.29, 0.717) is 6.54 Å². The van der Waals surface area contributed by atoms with E-state index in [2.05, 4.69) is 35.9 Å². The summed E-state index contributed by atoms with van der Waals surface area (Å²) in [5.41, 5.74) is 11.0. The van der Waals surface area contributed by atoms with E-state index in [4.69, 9.17) is 10.5 Å². The first kappa shape index (κ1) is 13.6. The van der Waals surface area contributed by atoms with Gasteiger partial charge in [0.05, 0.1) is 12.8 Å². The van der Waals surface area contributed by atoms with E-state index in [1.165, 1.54) is 5.56 Å². The quantitative estimate of drug-likeness (QED) is 0.886. The molecule has 0 saturated heterocycles. The SMILES string of the molecule is COc1c(C)cc(C)cc1-c1nc(C)[nH]c1CCN. The number of benzene rings is 1. The molecular formula is C15H21N3O. The number of imidazole rings is 1. The standard InChI is InChI=1S/C15H21N3O/c1-9-7-10(2)15(19-4)12(8-9)14-13(5-6-16)17-11(3)18-14/h7-8H,5-6,16H2,1-4H3,(H,17,18). The lowest BCUT2D eigenvalue weighted by atomic mass is 10.0. The topological polar surface area (TPSA) is 63.9 Å². The number of rotatable bonds is 4. The van der Waals surface area contributed by atoms with Crippen molar-refractivity contribution in [3.8, 4) is 17.0 Å². The van der Waals surface area contributed by atoms with Crippen molar-refractivity contribution in [1.82, 2.24) is 9.97 Å². The van der Waals surface area contributed by atoms with E-state index in [1.54, 1.807) is 7.11 Å². The van der Waals surface area contributed by atoms with Crippen LogP contribution in [0.15, 0.2) is 12.1 Å². The van der Waals surface area contributed by atoms with E-state index in [-0.39, 0.29) is 0 Å². The Morgan fingerprint density at radius 2 is 2.00 bits per heavy atom. The first-order valence-electron chi connectivity index (χ1n) is 6.48. The number of aromatic nitrogens is 2. The lowest BCUT2D eigenvalue weighted by Crippen LogP contribution is -2.04. The fraction of sp³-hybridized carbons (Fsp3) is 0.400. The van der Waals surface area contributed by atoms with Crippen molar-refractivity contribution in [1.29, 1.82) is 0 Å². The van der Waals surface area contributed by atoms with Crippen LogP contribution in [-0.2, 0) is 6.42 Å². The highest BCUT2D eigenvalue weighted by molar-refractivity contribution is 5.72. The lowest BCUT2D eigenvalue weighted by Gasteiger charge is -2.12. The fourth-order valence-corrected chi connectivity index (χ4v) is 2.49. The van der Waals surface area contributed by atoms with Crippen LogP contribution in [-0.4, -0.2) is 23.6 Å². The molecule has 4 nitrogen and oxygen atoms in total. The number of nitrogens with zero attached hydrogens (tertiary/aromatic N) is 1. The molecule has 3 N–H and O–H groups in total. The number of aromatic amines is 1. The molecule has 0 bridgehead atoms. The Labute approximate surface area is 114 Å². The Bertz CT molecular complexity index is 587. The van der Waals surface area contributed by atoms with Gasteiger partial charge in [0, 0.05) is 17.7 Å². The minimum absolute atomic E-state index is 0.599. The maximum absolute atomic E-state index is 5.67. The molecule has 0 spiro atoms. The van der Waals surface area contributed by atoms with Crippen molar-refractivity contribution < 1.29 is 4.74 Å². The third-order valence-corrected chi connectivity index (χ3v) is 3.17. The molecule has 0 unspecified atom stereocenters. The Kier molecular flexibility index (Phi) is 3.90. The summed E-state index contributed by atoms with van der Waals surface area (Å²) in [6.07, 6.45) is 0.784. The number of methoxy groups -OCH3 is 1. The molecule has 0 aliphatic rings. The molecule has 19 heavy (non-hydrogen) atoms. The van der Waals surface area contributed by atoms with Crippen LogP contribution in [0.2, 0.25) is 0 Å². The summed E-state index contributed by atoms with van der Waals surface area (Å²) in [5.74, 6) is 1.79. The number of nitrogens with one attached hydrogen (secondary N) is 1. The molecule has 102 valence electrons. The summed E-state index contributed by atoms with van der Waals surface area (Å²) in [6.45, 7) is 6.69. The average Bonchev–Trinajstić information content (AvgIpc) is 2.70. The van der Waals surface area contributed by atoms with Gasteiger partial charge in [0.25, 0.3) is 0 Å². The van der Waals surface area contributed by atoms with Gasteiger partial charge in [-0.15, -0.1) is 0 Å². The van der Waals surface area contributed by atoms with Crippen LogP contribution in [0.3, 0.4) is 0 Å². The van der Waals surface area contributed by atoms with Gasteiger partial charge in [0.2, 0.25) is 0 Å². The molecule has 1 aromatic heterocycles. The Balaban J connectivity index is 2.63. The molecule has 0 aliphatic heterocycles. The molecule has 0 amide bonds. The number of aryl methyl sites for hydroxylation is 3. The van der Waals surface area contributed by atoms with E-state index in [9.17, 15) is 0 Å². The molecule has 0 saturated carbocycles. The van der Waals surface area contributed by atoms with Gasteiger partial charge in [-0.25, -0.2) is 4.98 Å². The Morgan fingerprint density at radius 1 is 1.26 bits per heavy atom. The highest BCUT2D eigenvalue weighted by Crippen LogP contribution is 2.35. The molecule has 1 aromatic carbocycles. The van der Waals surface area contributed by atoms with Gasteiger partial charge < -0.3 is 15.5 Å². The third-order valence-electron chi connectivity index (χ3n) is 3.17. The minimum Gasteiger partial charge on any atom is -0.496 e. The summed E-state index contributed by atoms with van der Waals surface area (Å²) in [5, 5.41) is 0. The maximum atomic E-state index is 5.67. The first-order chi connectivity index (χ1) is 9.06. The van der Waals surface area contributed by atoms with Gasteiger partial charge in [-0.2, -0.15) is 0 Å². The average molecular weight is 259 g/mol. The van der Waals surface area contributed by atoms with Crippen LogP contribution in [0.5, 0.6) is 5.75 Å². The molecule has 2 rings (SSSR count). The minimum atomic E-state index is 0.599. The molecule has 0 atom stereocenters. The zero-order valence-electron chi connectivity index (χ0n) is 12.0. The van der Waals surface area contributed by atoms with Gasteiger partial charge >= 0.3 is 0 Å². The highest BCUT2D eigenvalue weighted by Gasteiger charge is 2.16. The Hall–Kier alpha value is -1.81. The van der Waals surface area contributed by atoms with Crippen LogP contribution in [0.4, 0.5) is 0 Å². The van der Waals surface area contributed by atoms with Gasteiger partial charge in [-0.3, -0.25) is 0 Å². The maximum Gasteiger partial charge on any atom is 0.131 e. The van der Waals surface area contributed by atoms with Gasteiger partial charge in [0.1, 0.15) is 11.6 Å². The molecule has 1 heterocycles. The van der Waals surface area contributed by atoms with Crippen molar-refractivity contribution in [2.24, 2.45) is 5.73 Å². The van der Waals surface area contributed by atoms with Crippen LogP contribution in [0.25, 0.3) is 11.3 Å². The van der Waals surface area contributed by atoms with E-state index in [0.717, 1.165) is 40.5 Å². The summed E-state index contributed by atoms with van der Waals surface area (Å²) < 4.78 is 5.54. The largest absolute Gasteiger partial charge is 0.496 e. The van der Waals surface area contributed by atoms with Crippen LogP contribution in [0.1, 0.15) is 22.6 Å². The second kappa shape index (κ2) is 5.45. The second-order valence-electron chi connectivity index (χ2n) is 4.85. The monoisotopic (exact) mass is 259 g/mol. The van der Waals surface area contributed by atoms with Crippen LogP contribution < -0.4 is 10.5 Å². The number of nitrogens with two attached hydrogens (primary N) is 1. The van der Waals surface area contributed by atoms with Gasteiger partial charge in [0.15, 0.2) is 0 Å². The smallest absolute Gasteiger partial charge is 0.131 e. The predicted octanol–water partition coefficient (Wildman–Crippen LogP) is 2.51. The van der Waals surface area contributed by atoms with Crippen LogP contribution in [0, 0.1) is 20.8 Å². The number of hydrogen-bond donors (Lipinski definition) is 2. The summed E-state index contributed by atoms with van der Waals surface area (Å²) >= 11 is 0. The zero-order valence-corrected chi connectivity index (χ0v) is 12.0. The molecule has 0 radical (unpaired) electrons. The van der Waals surface area contributed by atoms with E-state index < -0.39 is 0 Å². The lowest BCUT2D eigenvalue weighted by molar-refractivity contribution is 0.413. The molecule has 0 fully saturated rings. The number of ether oxygens (including phenoxy) is 1. The second-order valence-corrected chi connectivity index (χ2v) is 4.85. The normalized spacial score (nSPS) is 10.8. The highest BCUT2D eigenvalue weighted by atomic mass is 16.5. The third kappa shape index (κ3) is 2.63. The number of hydrogen-bond acceptors (Lipinski definition) is 3. The van der Waals surface area contributed by atoms with Gasteiger partial charge in [-0.1, -0.05) is 6.07 Å². The molecular weight excluding hydrogens is 238 g/mol. The predicted molar refractivity (Wildman–Crippen MR) is 77.5 cm³/mol. The molecule has 0 aliphatic carbocycles. The van der Waals surface area contributed by atoms with Crippen molar-refractivity contribution in [2.75, 3.05) is 13.7 Å². The summed E-state index contributed by atoms with van der Waals surface area (Å²) in [6, 6.07) is 4.23.